The van der Waals surface area contributed by atoms with Gasteiger partial charge in [0.05, 0.1) is 15.6 Å². The van der Waals surface area contributed by atoms with Crippen LogP contribution in [0.5, 0.6) is 0 Å². The summed E-state index contributed by atoms with van der Waals surface area (Å²) in [6.07, 6.45) is 0.790. The van der Waals surface area contributed by atoms with E-state index in [9.17, 15) is 4.79 Å². The smallest absolute Gasteiger partial charge is 0.252 e. The highest BCUT2D eigenvalue weighted by atomic mass is 35.5. The number of nitrogens with one attached hydrogen (secondary N) is 1. The van der Waals surface area contributed by atoms with Crippen molar-refractivity contribution in [2.75, 3.05) is 6.54 Å². The molecule has 1 amide bonds. The fourth-order valence-corrected chi connectivity index (χ4v) is 3.39. The minimum absolute atomic E-state index is 0.211. The molecule has 132 valence electrons. The lowest BCUT2D eigenvalue weighted by Gasteiger charge is -2.18. The molecule has 0 aliphatic rings. The van der Waals surface area contributed by atoms with E-state index in [4.69, 9.17) is 23.2 Å². The first kappa shape index (κ1) is 18.5. The minimum Gasteiger partial charge on any atom is -0.352 e. The zero-order chi connectivity index (χ0) is 18.4. The summed E-state index contributed by atoms with van der Waals surface area (Å²) in [4.78, 5) is 12.4. The zero-order valence-electron chi connectivity index (χ0n) is 14.2. The van der Waals surface area contributed by atoms with Crippen molar-refractivity contribution in [3.05, 3.63) is 106 Å². The van der Waals surface area contributed by atoms with E-state index in [1.807, 2.05) is 36.4 Å². The molecule has 3 rings (SSSR count). The third-order valence-electron chi connectivity index (χ3n) is 4.32. The minimum atomic E-state index is -0.211. The molecule has 0 fully saturated rings. The number of amides is 1. The van der Waals surface area contributed by atoms with E-state index in [-0.39, 0.29) is 16.8 Å². The van der Waals surface area contributed by atoms with Crippen LogP contribution in [0.4, 0.5) is 0 Å². The largest absolute Gasteiger partial charge is 0.352 e. The molecule has 0 saturated carbocycles. The Morgan fingerprint density at radius 1 is 0.808 bits per heavy atom. The molecular weight excluding hydrogens is 365 g/mol. The molecule has 0 aliphatic carbocycles. The summed E-state index contributed by atoms with van der Waals surface area (Å²) in [5.41, 5.74) is 2.86. The van der Waals surface area contributed by atoms with Gasteiger partial charge in [0.2, 0.25) is 0 Å². The number of hydrogen-bond acceptors (Lipinski definition) is 1. The van der Waals surface area contributed by atoms with E-state index >= 15 is 0 Å². The average Bonchev–Trinajstić information content (AvgIpc) is 2.68. The van der Waals surface area contributed by atoms with Crippen LogP contribution in [0.2, 0.25) is 10.0 Å². The first-order valence-corrected chi connectivity index (χ1v) is 9.24. The van der Waals surface area contributed by atoms with Gasteiger partial charge in [-0.05, 0) is 29.7 Å². The lowest BCUT2D eigenvalue weighted by atomic mass is 9.88. The number of carbonyl (C=O) groups excluding carboxylic acids is 1. The molecule has 1 N–H and O–H groups in total. The summed E-state index contributed by atoms with van der Waals surface area (Å²) in [7, 11) is 0. The second-order valence-electron chi connectivity index (χ2n) is 6.02. The Labute approximate surface area is 163 Å². The maximum atomic E-state index is 12.4. The predicted octanol–water partition coefficient (Wildman–Crippen LogP) is 5.95. The van der Waals surface area contributed by atoms with Crippen LogP contribution in [0.15, 0.2) is 78.9 Å². The van der Waals surface area contributed by atoms with E-state index in [2.05, 4.69) is 29.6 Å². The number of hydrogen-bond donors (Lipinski definition) is 1. The highest BCUT2D eigenvalue weighted by Gasteiger charge is 2.16. The number of carbonyl (C=O) groups is 1. The van der Waals surface area contributed by atoms with Gasteiger partial charge in [-0.2, -0.15) is 0 Å². The van der Waals surface area contributed by atoms with Gasteiger partial charge < -0.3 is 5.32 Å². The normalized spacial score (nSPS) is 10.7. The monoisotopic (exact) mass is 383 g/mol. The Morgan fingerprint density at radius 2 is 1.38 bits per heavy atom. The van der Waals surface area contributed by atoms with Crippen LogP contribution in [0, 0.1) is 0 Å². The lowest BCUT2D eigenvalue weighted by Crippen LogP contribution is -2.26. The molecule has 0 aliphatic heterocycles. The number of benzene rings is 3. The predicted molar refractivity (Wildman–Crippen MR) is 108 cm³/mol. The molecule has 0 unspecified atom stereocenters. The van der Waals surface area contributed by atoms with Gasteiger partial charge in [0.1, 0.15) is 0 Å². The fraction of sp³-hybridized carbons (Fsp3) is 0.136. The topological polar surface area (TPSA) is 29.1 Å². The van der Waals surface area contributed by atoms with Crippen LogP contribution in [-0.2, 0) is 0 Å². The maximum Gasteiger partial charge on any atom is 0.252 e. The van der Waals surface area contributed by atoms with Gasteiger partial charge in [0.15, 0.2) is 0 Å². The molecule has 0 radical (unpaired) electrons. The molecule has 3 aromatic rings. The first-order valence-electron chi connectivity index (χ1n) is 8.49. The second kappa shape index (κ2) is 8.88. The molecule has 0 spiro atoms. The Hall–Kier alpha value is -2.29. The van der Waals surface area contributed by atoms with Gasteiger partial charge in [-0.15, -0.1) is 0 Å². The van der Waals surface area contributed by atoms with Crippen LogP contribution in [0.3, 0.4) is 0 Å². The van der Waals surface area contributed by atoms with Crippen LogP contribution in [0.25, 0.3) is 0 Å². The summed E-state index contributed by atoms with van der Waals surface area (Å²) in [6, 6.07) is 25.7. The van der Waals surface area contributed by atoms with Crippen molar-refractivity contribution < 1.29 is 4.79 Å². The van der Waals surface area contributed by atoms with E-state index in [0.717, 1.165) is 6.42 Å². The van der Waals surface area contributed by atoms with Gasteiger partial charge in [-0.25, -0.2) is 0 Å². The molecule has 26 heavy (non-hydrogen) atoms. The molecule has 2 nitrogen and oxygen atoms in total. The molecule has 0 aromatic heterocycles. The van der Waals surface area contributed by atoms with E-state index in [1.54, 1.807) is 18.2 Å². The first-order chi connectivity index (χ1) is 12.7. The summed E-state index contributed by atoms with van der Waals surface area (Å²) >= 11 is 12.1. The van der Waals surface area contributed by atoms with Gasteiger partial charge >= 0.3 is 0 Å². The standard InChI is InChI=1S/C22H19Cl2NO/c23-20-13-7-12-19(21(20)24)22(26)25-15-14-18(16-8-3-1-4-9-16)17-10-5-2-6-11-17/h1-13,18H,14-15H2,(H,25,26). The van der Waals surface area contributed by atoms with Gasteiger partial charge in [-0.3, -0.25) is 4.79 Å². The van der Waals surface area contributed by atoms with Crippen molar-refractivity contribution in [2.45, 2.75) is 12.3 Å². The summed E-state index contributed by atoms with van der Waals surface area (Å²) < 4.78 is 0. The highest BCUT2D eigenvalue weighted by Crippen LogP contribution is 2.28. The third-order valence-corrected chi connectivity index (χ3v) is 5.14. The quantitative estimate of drug-likeness (QED) is 0.559. The molecule has 0 bridgehead atoms. The molecular formula is C22H19Cl2NO. The third kappa shape index (κ3) is 4.46. The van der Waals surface area contributed by atoms with Crippen molar-refractivity contribution in [2.24, 2.45) is 0 Å². The molecule has 0 saturated heterocycles. The Morgan fingerprint density at radius 3 is 1.96 bits per heavy atom. The van der Waals surface area contributed by atoms with Crippen molar-refractivity contribution in [1.82, 2.24) is 5.32 Å². The van der Waals surface area contributed by atoms with Gasteiger partial charge in [0.25, 0.3) is 5.91 Å². The van der Waals surface area contributed by atoms with Crippen molar-refractivity contribution in [3.8, 4) is 0 Å². The average molecular weight is 384 g/mol. The summed E-state index contributed by atoms with van der Waals surface area (Å²) in [5, 5.41) is 3.62. The summed E-state index contributed by atoms with van der Waals surface area (Å²) in [6.45, 7) is 0.538. The number of rotatable bonds is 6. The Bertz CT molecular complexity index is 826. The van der Waals surface area contributed by atoms with Crippen molar-refractivity contribution in [3.63, 3.8) is 0 Å². The molecule has 4 heteroatoms. The van der Waals surface area contributed by atoms with Gasteiger partial charge in [0, 0.05) is 12.5 Å². The van der Waals surface area contributed by atoms with Crippen molar-refractivity contribution in [1.29, 1.82) is 0 Å². The van der Waals surface area contributed by atoms with E-state index in [0.29, 0.717) is 17.1 Å². The number of halogens is 2. The zero-order valence-corrected chi connectivity index (χ0v) is 15.7. The molecule has 0 atom stereocenters. The van der Waals surface area contributed by atoms with Crippen LogP contribution < -0.4 is 5.32 Å². The van der Waals surface area contributed by atoms with Crippen LogP contribution in [-0.4, -0.2) is 12.5 Å². The van der Waals surface area contributed by atoms with Crippen LogP contribution in [0.1, 0.15) is 33.8 Å². The summed E-state index contributed by atoms with van der Waals surface area (Å²) in [5.74, 6) is 0.00454. The Kier molecular flexibility index (Phi) is 6.32. The SMILES string of the molecule is O=C(NCCC(c1ccccc1)c1ccccc1)c1cccc(Cl)c1Cl. The second-order valence-corrected chi connectivity index (χ2v) is 6.81. The molecule has 0 heterocycles. The lowest BCUT2D eigenvalue weighted by molar-refractivity contribution is 0.0953. The van der Waals surface area contributed by atoms with E-state index in [1.165, 1.54) is 11.1 Å². The highest BCUT2D eigenvalue weighted by molar-refractivity contribution is 6.43. The molecule has 3 aromatic carbocycles. The Balaban J connectivity index is 1.71. The maximum absolute atomic E-state index is 12.4. The van der Waals surface area contributed by atoms with Crippen molar-refractivity contribution >= 4 is 29.1 Å². The van der Waals surface area contributed by atoms with Crippen LogP contribution >= 0.6 is 23.2 Å². The fourth-order valence-electron chi connectivity index (χ4n) is 3.00. The van der Waals surface area contributed by atoms with Gasteiger partial charge in [-0.1, -0.05) is 89.9 Å². The van der Waals surface area contributed by atoms with E-state index < -0.39 is 0 Å².